The van der Waals surface area contributed by atoms with Crippen LogP contribution in [0.25, 0.3) is 0 Å². The molecule has 2 N–H and O–H groups in total. The van der Waals surface area contributed by atoms with E-state index in [1.54, 1.807) is 6.07 Å². The second kappa shape index (κ2) is 5.75. The molecule has 0 aliphatic heterocycles. The predicted octanol–water partition coefficient (Wildman–Crippen LogP) is 3.23. The van der Waals surface area contributed by atoms with Gasteiger partial charge in [0, 0.05) is 17.4 Å². The van der Waals surface area contributed by atoms with E-state index in [9.17, 15) is 4.79 Å². The lowest BCUT2D eigenvalue weighted by Gasteiger charge is -2.12. The monoisotopic (exact) mass is 296 g/mol. The van der Waals surface area contributed by atoms with Crippen LogP contribution in [0.2, 0.25) is 0 Å². The first-order valence-electron chi connectivity index (χ1n) is 7.53. The number of aromatic nitrogens is 2. The molecule has 0 bridgehead atoms. The minimum absolute atomic E-state index is 0.207. The maximum absolute atomic E-state index is 12.5. The van der Waals surface area contributed by atoms with Crippen LogP contribution in [0.5, 0.6) is 0 Å². The third kappa shape index (κ3) is 3.24. The summed E-state index contributed by atoms with van der Waals surface area (Å²) in [6, 6.07) is 8.10. The van der Waals surface area contributed by atoms with E-state index in [0.717, 1.165) is 35.3 Å². The lowest BCUT2D eigenvalue weighted by molar-refractivity contribution is 0.102. The van der Waals surface area contributed by atoms with Crippen LogP contribution in [0.3, 0.4) is 0 Å². The van der Waals surface area contributed by atoms with Gasteiger partial charge in [0.2, 0.25) is 5.95 Å². The minimum atomic E-state index is -0.207. The van der Waals surface area contributed by atoms with E-state index in [1.807, 2.05) is 39.0 Å². The van der Waals surface area contributed by atoms with Gasteiger partial charge < -0.3 is 10.6 Å². The molecule has 0 radical (unpaired) electrons. The Bertz CT molecular complexity index is 702. The molecule has 1 aromatic heterocycles. The first-order valence-corrected chi connectivity index (χ1v) is 7.53. The van der Waals surface area contributed by atoms with Gasteiger partial charge in [0.15, 0.2) is 0 Å². The molecule has 0 unspecified atom stereocenters. The Morgan fingerprint density at radius 2 is 1.82 bits per heavy atom. The van der Waals surface area contributed by atoms with Gasteiger partial charge in [-0.2, -0.15) is 0 Å². The van der Waals surface area contributed by atoms with Gasteiger partial charge in [0.1, 0.15) is 5.69 Å². The van der Waals surface area contributed by atoms with E-state index < -0.39 is 0 Å². The summed E-state index contributed by atoms with van der Waals surface area (Å²) in [5, 5.41) is 6.20. The first-order chi connectivity index (χ1) is 10.5. The van der Waals surface area contributed by atoms with Crippen molar-refractivity contribution in [1.29, 1.82) is 0 Å². The van der Waals surface area contributed by atoms with E-state index in [1.165, 1.54) is 0 Å². The molecule has 1 fully saturated rings. The molecule has 1 heterocycles. The van der Waals surface area contributed by atoms with Crippen molar-refractivity contribution in [1.82, 2.24) is 9.97 Å². The van der Waals surface area contributed by atoms with E-state index in [2.05, 4.69) is 20.6 Å². The standard InChI is InChI=1S/C17H20N4O/c1-10-5-4-6-11(2)15(10)21-16(22)14-9-12(3)18-17(20-14)19-13-7-8-13/h4-6,9,13H,7-8H2,1-3H3,(H,21,22)(H,18,19,20). The van der Waals surface area contributed by atoms with E-state index in [0.29, 0.717) is 17.7 Å². The molecule has 2 aromatic rings. The van der Waals surface area contributed by atoms with Gasteiger partial charge in [-0.15, -0.1) is 0 Å². The second-order valence-electron chi connectivity index (χ2n) is 5.86. The number of carbonyl (C=O) groups is 1. The van der Waals surface area contributed by atoms with Crippen molar-refractivity contribution >= 4 is 17.5 Å². The average molecular weight is 296 g/mol. The topological polar surface area (TPSA) is 66.9 Å². The number of nitrogens with zero attached hydrogens (tertiary/aromatic N) is 2. The molecular formula is C17H20N4O. The maximum Gasteiger partial charge on any atom is 0.274 e. The van der Waals surface area contributed by atoms with Crippen LogP contribution in [0, 0.1) is 20.8 Å². The van der Waals surface area contributed by atoms with E-state index in [-0.39, 0.29) is 5.91 Å². The molecule has 1 aromatic carbocycles. The van der Waals surface area contributed by atoms with Crippen LogP contribution in [0.1, 0.15) is 40.2 Å². The number of amides is 1. The number of anilines is 2. The Balaban J connectivity index is 1.83. The largest absolute Gasteiger partial charge is 0.351 e. The second-order valence-corrected chi connectivity index (χ2v) is 5.86. The number of hydrogen-bond acceptors (Lipinski definition) is 4. The van der Waals surface area contributed by atoms with Crippen LogP contribution in [0.15, 0.2) is 24.3 Å². The zero-order valence-electron chi connectivity index (χ0n) is 13.1. The molecule has 1 amide bonds. The average Bonchev–Trinajstić information content (AvgIpc) is 3.26. The number of hydrogen-bond donors (Lipinski definition) is 2. The van der Waals surface area contributed by atoms with E-state index in [4.69, 9.17) is 0 Å². The number of rotatable bonds is 4. The normalized spacial score (nSPS) is 13.8. The van der Waals surface area contributed by atoms with Crippen molar-refractivity contribution in [3.8, 4) is 0 Å². The van der Waals surface area contributed by atoms with Crippen molar-refractivity contribution in [3.05, 3.63) is 46.8 Å². The van der Waals surface area contributed by atoms with Gasteiger partial charge in [-0.3, -0.25) is 4.79 Å². The summed E-state index contributed by atoms with van der Waals surface area (Å²) in [5.74, 6) is 0.330. The predicted molar refractivity (Wildman–Crippen MR) is 87.3 cm³/mol. The number of benzene rings is 1. The van der Waals surface area contributed by atoms with Gasteiger partial charge in [0.05, 0.1) is 0 Å². The summed E-state index contributed by atoms with van der Waals surface area (Å²) < 4.78 is 0. The van der Waals surface area contributed by atoms with Crippen molar-refractivity contribution in [3.63, 3.8) is 0 Å². The third-order valence-corrected chi connectivity index (χ3v) is 3.72. The van der Waals surface area contributed by atoms with E-state index >= 15 is 0 Å². The maximum atomic E-state index is 12.5. The molecule has 5 nitrogen and oxygen atoms in total. The molecule has 3 rings (SSSR count). The molecule has 0 saturated heterocycles. The van der Waals surface area contributed by atoms with Crippen molar-refractivity contribution < 1.29 is 4.79 Å². The SMILES string of the molecule is Cc1cc(C(=O)Nc2c(C)cccc2C)nc(NC2CC2)n1. The summed E-state index contributed by atoms with van der Waals surface area (Å²) >= 11 is 0. The number of nitrogens with one attached hydrogen (secondary N) is 2. The lowest BCUT2D eigenvalue weighted by atomic mass is 10.1. The van der Waals surface area contributed by atoms with Crippen LogP contribution in [-0.4, -0.2) is 21.9 Å². The number of para-hydroxylation sites is 1. The van der Waals surface area contributed by atoms with Gasteiger partial charge in [-0.25, -0.2) is 9.97 Å². The summed E-state index contributed by atoms with van der Waals surface area (Å²) in [6.07, 6.45) is 2.28. The zero-order chi connectivity index (χ0) is 15.7. The molecule has 1 aliphatic rings. The Morgan fingerprint density at radius 3 is 2.45 bits per heavy atom. The molecule has 5 heteroatoms. The Labute approximate surface area is 130 Å². The highest BCUT2D eigenvalue weighted by molar-refractivity contribution is 6.03. The Kier molecular flexibility index (Phi) is 3.79. The van der Waals surface area contributed by atoms with Crippen molar-refractivity contribution in [2.24, 2.45) is 0 Å². The highest BCUT2D eigenvalue weighted by atomic mass is 16.1. The zero-order valence-corrected chi connectivity index (χ0v) is 13.1. The van der Waals surface area contributed by atoms with Crippen LogP contribution in [-0.2, 0) is 0 Å². The van der Waals surface area contributed by atoms with Crippen molar-refractivity contribution in [2.75, 3.05) is 10.6 Å². The fraction of sp³-hybridized carbons (Fsp3) is 0.353. The fourth-order valence-electron chi connectivity index (χ4n) is 2.35. The molecule has 114 valence electrons. The number of carbonyl (C=O) groups excluding carboxylic acids is 1. The highest BCUT2D eigenvalue weighted by Gasteiger charge is 2.22. The molecule has 1 saturated carbocycles. The van der Waals surface area contributed by atoms with Crippen molar-refractivity contribution in [2.45, 2.75) is 39.7 Å². The molecule has 0 atom stereocenters. The fourth-order valence-corrected chi connectivity index (χ4v) is 2.35. The van der Waals surface area contributed by atoms with Gasteiger partial charge in [-0.1, -0.05) is 18.2 Å². The third-order valence-electron chi connectivity index (χ3n) is 3.72. The summed E-state index contributed by atoms with van der Waals surface area (Å²) in [5.41, 5.74) is 4.09. The molecule has 1 aliphatic carbocycles. The van der Waals surface area contributed by atoms with Gasteiger partial charge in [-0.05, 0) is 50.8 Å². The summed E-state index contributed by atoms with van der Waals surface area (Å²) in [6.45, 7) is 5.83. The Morgan fingerprint density at radius 1 is 1.14 bits per heavy atom. The highest BCUT2D eigenvalue weighted by Crippen LogP contribution is 2.23. The summed E-state index contributed by atoms with van der Waals surface area (Å²) in [7, 11) is 0. The Hall–Kier alpha value is -2.43. The lowest BCUT2D eigenvalue weighted by Crippen LogP contribution is -2.17. The molecule has 0 spiro atoms. The minimum Gasteiger partial charge on any atom is -0.351 e. The number of aryl methyl sites for hydroxylation is 3. The van der Waals surface area contributed by atoms with Crippen LogP contribution in [0.4, 0.5) is 11.6 Å². The summed E-state index contributed by atoms with van der Waals surface area (Å²) in [4.78, 5) is 21.2. The smallest absolute Gasteiger partial charge is 0.274 e. The first kappa shape index (κ1) is 14.5. The van der Waals surface area contributed by atoms with Gasteiger partial charge >= 0.3 is 0 Å². The quantitative estimate of drug-likeness (QED) is 0.909. The van der Waals surface area contributed by atoms with Gasteiger partial charge in [0.25, 0.3) is 5.91 Å². The molecular weight excluding hydrogens is 276 g/mol. The van der Waals surface area contributed by atoms with Crippen LogP contribution < -0.4 is 10.6 Å². The molecule has 22 heavy (non-hydrogen) atoms. The van der Waals surface area contributed by atoms with Crippen LogP contribution >= 0.6 is 0 Å².